The van der Waals surface area contributed by atoms with Crippen molar-refractivity contribution in [1.82, 2.24) is 19.6 Å². The Bertz CT molecular complexity index is 659. The van der Waals surface area contributed by atoms with Crippen LogP contribution in [0.4, 0.5) is 0 Å². The van der Waals surface area contributed by atoms with E-state index in [9.17, 15) is 4.79 Å². The molecule has 1 aliphatic heterocycles. The standard InChI is InChI=1S/C15H19ClN4O2/c1-10-13(15(16)22-18-10)8-14(21)19-6-3-4-12(9-19)20-7-5-17-11(20)2/h5,7,12H,3-4,6,8-9H2,1-2H3/t12-/m0/s1. The van der Waals surface area contributed by atoms with E-state index in [1.807, 2.05) is 18.0 Å². The van der Waals surface area contributed by atoms with Crippen molar-refractivity contribution in [1.29, 1.82) is 0 Å². The molecule has 0 unspecified atom stereocenters. The Hall–Kier alpha value is -1.82. The molecule has 0 radical (unpaired) electrons. The van der Waals surface area contributed by atoms with E-state index in [2.05, 4.69) is 14.7 Å². The first-order chi connectivity index (χ1) is 10.6. The minimum Gasteiger partial charge on any atom is -0.344 e. The zero-order valence-electron chi connectivity index (χ0n) is 12.8. The van der Waals surface area contributed by atoms with E-state index in [1.54, 1.807) is 13.1 Å². The largest absolute Gasteiger partial charge is 0.344 e. The number of hydrogen-bond donors (Lipinski definition) is 0. The van der Waals surface area contributed by atoms with Crippen LogP contribution < -0.4 is 0 Å². The van der Waals surface area contributed by atoms with Crippen LogP contribution in [0.1, 0.15) is 36.0 Å². The summed E-state index contributed by atoms with van der Waals surface area (Å²) in [6, 6.07) is 0.291. The van der Waals surface area contributed by atoms with Gasteiger partial charge in [-0.3, -0.25) is 4.79 Å². The van der Waals surface area contributed by atoms with Gasteiger partial charge in [-0.1, -0.05) is 5.16 Å². The molecular weight excluding hydrogens is 304 g/mol. The lowest BCUT2D eigenvalue weighted by molar-refractivity contribution is -0.132. The molecule has 6 nitrogen and oxygen atoms in total. The number of amides is 1. The fourth-order valence-corrected chi connectivity index (χ4v) is 3.24. The number of rotatable bonds is 3. The van der Waals surface area contributed by atoms with E-state index in [4.69, 9.17) is 16.1 Å². The van der Waals surface area contributed by atoms with E-state index in [0.717, 1.165) is 25.2 Å². The Morgan fingerprint density at radius 2 is 2.32 bits per heavy atom. The van der Waals surface area contributed by atoms with E-state index in [1.165, 1.54) is 0 Å². The van der Waals surface area contributed by atoms with Crippen LogP contribution >= 0.6 is 11.6 Å². The zero-order valence-corrected chi connectivity index (χ0v) is 13.5. The van der Waals surface area contributed by atoms with Crippen LogP contribution in [0.3, 0.4) is 0 Å². The molecule has 3 heterocycles. The quantitative estimate of drug-likeness (QED) is 0.871. The smallest absolute Gasteiger partial charge is 0.229 e. The molecule has 0 N–H and O–H groups in total. The van der Waals surface area contributed by atoms with Gasteiger partial charge in [0, 0.05) is 31.0 Å². The molecule has 118 valence electrons. The first-order valence-electron chi connectivity index (χ1n) is 7.44. The Kier molecular flexibility index (Phi) is 4.20. The number of aromatic nitrogens is 3. The summed E-state index contributed by atoms with van der Waals surface area (Å²) in [5.74, 6) is 1.05. The summed E-state index contributed by atoms with van der Waals surface area (Å²) < 4.78 is 7.06. The number of carbonyl (C=O) groups is 1. The summed E-state index contributed by atoms with van der Waals surface area (Å²) in [5.41, 5.74) is 1.37. The predicted octanol–water partition coefficient (Wildman–Crippen LogP) is 2.55. The first-order valence-corrected chi connectivity index (χ1v) is 7.82. The number of likely N-dealkylation sites (tertiary alicyclic amines) is 1. The lowest BCUT2D eigenvalue weighted by Crippen LogP contribution is -2.41. The van der Waals surface area contributed by atoms with Gasteiger partial charge in [-0.25, -0.2) is 4.98 Å². The van der Waals surface area contributed by atoms with E-state index < -0.39 is 0 Å². The van der Waals surface area contributed by atoms with Gasteiger partial charge in [-0.2, -0.15) is 0 Å². The normalized spacial score (nSPS) is 18.7. The lowest BCUT2D eigenvalue weighted by Gasteiger charge is -2.34. The van der Waals surface area contributed by atoms with Crippen LogP contribution in [-0.2, 0) is 11.2 Å². The van der Waals surface area contributed by atoms with Crippen LogP contribution in [0, 0.1) is 13.8 Å². The maximum atomic E-state index is 12.5. The van der Waals surface area contributed by atoms with Gasteiger partial charge < -0.3 is 14.0 Å². The van der Waals surface area contributed by atoms with Gasteiger partial charge in [-0.05, 0) is 38.3 Å². The highest BCUT2D eigenvalue weighted by Crippen LogP contribution is 2.25. The summed E-state index contributed by atoms with van der Waals surface area (Å²) in [7, 11) is 0. The van der Waals surface area contributed by atoms with Gasteiger partial charge in [0.25, 0.3) is 0 Å². The lowest BCUT2D eigenvalue weighted by atomic mass is 10.0. The van der Waals surface area contributed by atoms with E-state index >= 15 is 0 Å². The molecule has 1 amide bonds. The Morgan fingerprint density at radius 3 is 2.95 bits per heavy atom. The second kappa shape index (κ2) is 6.12. The van der Waals surface area contributed by atoms with Crippen molar-refractivity contribution >= 4 is 17.5 Å². The molecule has 1 saturated heterocycles. The third-order valence-corrected chi connectivity index (χ3v) is 4.57. The number of imidazole rings is 1. The number of piperidine rings is 1. The summed E-state index contributed by atoms with van der Waals surface area (Å²) in [4.78, 5) is 18.7. The van der Waals surface area contributed by atoms with Crippen LogP contribution in [-0.4, -0.2) is 38.6 Å². The number of hydrogen-bond acceptors (Lipinski definition) is 4. The van der Waals surface area contributed by atoms with Crippen molar-refractivity contribution in [3.05, 3.63) is 34.7 Å². The number of aryl methyl sites for hydroxylation is 2. The van der Waals surface area contributed by atoms with Crippen molar-refractivity contribution in [2.45, 2.75) is 39.2 Å². The van der Waals surface area contributed by atoms with Crippen molar-refractivity contribution in [3.8, 4) is 0 Å². The van der Waals surface area contributed by atoms with Gasteiger partial charge >= 0.3 is 0 Å². The molecule has 0 aliphatic carbocycles. The average Bonchev–Trinajstić information content (AvgIpc) is 3.08. The molecule has 2 aromatic rings. The van der Waals surface area contributed by atoms with E-state index in [0.29, 0.717) is 23.8 Å². The highest BCUT2D eigenvalue weighted by atomic mass is 35.5. The van der Waals surface area contributed by atoms with Gasteiger partial charge in [0.05, 0.1) is 18.2 Å². The summed E-state index contributed by atoms with van der Waals surface area (Å²) in [6.07, 6.45) is 6.08. The zero-order chi connectivity index (χ0) is 15.7. The molecular formula is C15H19ClN4O2. The molecule has 3 rings (SSSR count). The molecule has 7 heteroatoms. The summed E-state index contributed by atoms with van der Waals surface area (Å²) in [5, 5.41) is 4.00. The highest BCUT2D eigenvalue weighted by Gasteiger charge is 2.26. The molecule has 2 aromatic heterocycles. The SMILES string of the molecule is Cc1noc(Cl)c1CC(=O)N1CCC[C@H](n2ccnc2C)C1. The van der Waals surface area contributed by atoms with Crippen LogP contribution in [0.2, 0.25) is 5.22 Å². The fraction of sp³-hybridized carbons (Fsp3) is 0.533. The van der Waals surface area contributed by atoms with Crippen molar-refractivity contribution in [2.24, 2.45) is 0 Å². The van der Waals surface area contributed by atoms with Crippen LogP contribution in [0.25, 0.3) is 0 Å². The third kappa shape index (κ3) is 2.88. The fourth-order valence-electron chi connectivity index (χ4n) is 3.00. The minimum absolute atomic E-state index is 0.0654. The maximum absolute atomic E-state index is 12.5. The average molecular weight is 323 g/mol. The molecule has 1 fully saturated rings. The predicted molar refractivity (Wildman–Crippen MR) is 81.8 cm³/mol. The van der Waals surface area contributed by atoms with Crippen molar-refractivity contribution in [3.63, 3.8) is 0 Å². The van der Waals surface area contributed by atoms with Crippen molar-refractivity contribution in [2.75, 3.05) is 13.1 Å². The van der Waals surface area contributed by atoms with Gasteiger partial charge in [0.1, 0.15) is 5.82 Å². The maximum Gasteiger partial charge on any atom is 0.229 e. The highest BCUT2D eigenvalue weighted by molar-refractivity contribution is 6.29. The van der Waals surface area contributed by atoms with Crippen LogP contribution in [0.15, 0.2) is 16.9 Å². The summed E-state index contributed by atoms with van der Waals surface area (Å²) >= 11 is 5.95. The van der Waals surface area contributed by atoms with E-state index in [-0.39, 0.29) is 17.5 Å². The molecule has 0 spiro atoms. The molecule has 1 atom stereocenters. The number of carbonyl (C=O) groups excluding carboxylic acids is 1. The Morgan fingerprint density at radius 1 is 1.50 bits per heavy atom. The van der Waals surface area contributed by atoms with Crippen molar-refractivity contribution < 1.29 is 9.32 Å². The topological polar surface area (TPSA) is 64.2 Å². The van der Waals surface area contributed by atoms with Gasteiger partial charge in [0.2, 0.25) is 11.1 Å². The third-order valence-electron chi connectivity index (χ3n) is 4.27. The summed E-state index contributed by atoms with van der Waals surface area (Å²) in [6.45, 7) is 5.27. The monoisotopic (exact) mass is 322 g/mol. The first kappa shape index (κ1) is 15.1. The number of nitrogens with zero attached hydrogens (tertiary/aromatic N) is 4. The van der Waals surface area contributed by atoms with Gasteiger partial charge in [0.15, 0.2) is 0 Å². The second-order valence-electron chi connectivity index (χ2n) is 5.71. The Balaban J connectivity index is 1.69. The minimum atomic E-state index is 0.0654. The molecule has 0 bridgehead atoms. The number of halogens is 1. The Labute approximate surface area is 134 Å². The molecule has 22 heavy (non-hydrogen) atoms. The molecule has 1 aliphatic rings. The molecule has 0 saturated carbocycles. The second-order valence-corrected chi connectivity index (χ2v) is 6.06. The molecule has 0 aromatic carbocycles. The van der Waals surface area contributed by atoms with Gasteiger partial charge in [-0.15, -0.1) is 0 Å². The van der Waals surface area contributed by atoms with Crippen LogP contribution in [0.5, 0.6) is 0 Å².